The van der Waals surface area contributed by atoms with Crippen LogP contribution in [0.15, 0.2) is 36.5 Å². The molecule has 1 aromatic carbocycles. The molecular weight excluding hydrogens is 344 g/mol. The molecule has 7 heteroatoms. The van der Waals surface area contributed by atoms with Gasteiger partial charge in [-0.25, -0.2) is 4.98 Å². The molecule has 2 aromatic rings. The molecule has 142 valence electrons. The van der Waals surface area contributed by atoms with Crippen molar-refractivity contribution in [1.29, 1.82) is 0 Å². The first-order chi connectivity index (χ1) is 13.0. The maximum absolute atomic E-state index is 12.2. The number of ether oxygens (including phenoxy) is 1. The highest BCUT2D eigenvalue weighted by Crippen LogP contribution is 2.16. The maximum atomic E-state index is 12.2. The number of carbonyl (C=O) groups excluding carboxylic acids is 2. The Labute approximate surface area is 158 Å². The third-order valence-corrected chi connectivity index (χ3v) is 4.57. The van der Waals surface area contributed by atoms with Crippen molar-refractivity contribution in [3.8, 4) is 0 Å². The monoisotopic (exact) mass is 368 g/mol. The van der Waals surface area contributed by atoms with Crippen LogP contribution >= 0.6 is 0 Å². The van der Waals surface area contributed by atoms with E-state index in [2.05, 4.69) is 20.5 Å². The van der Waals surface area contributed by atoms with Gasteiger partial charge in [0.05, 0.1) is 31.6 Å². The van der Waals surface area contributed by atoms with Crippen LogP contribution in [0.25, 0.3) is 0 Å². The van der Waals surface area contributed by atoms with Crippen LogP contribution in [0, 0.1) is 13.8 Å². The number of aromatic nitrogens is 1. The van der Waals surface area contributed by atoms with Gasteiger partial charge >= 0.3 is 0 Å². The fraction of sp³-hybridized carbons (Fsp3) is 0.350. The van der Waals surface area contributed by atoms with Crippen molar-refractivity contribution in [2.45, 2.75) is 13.8 Å². The number of nitrogens with zero attached hydrogens (tertiary/aromatic N) is 2. The molecule has 0 unspecified atom stereocenters. The Kier molecular flexibility index (Phi) is 6.03. The van der Waals surface area contributed by atoms with Crippen LogP contribution in [0.4, 0.5) is 11.5 Å². The zero-order chi connectivity index (χ0) is 19.2. The summed E-state index contributed by atoms with van der Waals surface area (Å²) in [6.07, 6.45) is 1.73. The zero-order valence-corrected chi connectivity index (χ0v) is 15.6. The summed E-state index contributed by atoms with van der Waals surface area (Å²) in [5.41, 5.74) is 3.70. The number of morpholine rings is 1. The molecule has 0 atom stereocenters. The third-order valence-electron chi connectivity index (χ3n) is 4.57. The van der Waals surface area contributed by atoms with Gasteiger partial charge in [0.15, 0.2) is 0 Å². The van der Waals surface area contributed by atoms with Crippen LogP contribution in [0.3, 0.4) is 0 Å². The smallest absolute Gasteiger partial charge is 0.251 e. The Morgan fingerprint density at radius 1 is 1.11 bits per heavy atom. The number of nitrogens with one attached hydrogen (secondary N) is 2. The molecule has 1 aliphatic rings. The van der Waals surface area contributed by atoms with Gasteiger partial charge in [-0.15, -0.1) is 0 Å². The van der Waals surface area contributed by atoms with Gasteiger partial charge in [-0.1, -0.05) is 6.07 Å². The van der Waals surface area contributed by atoms with Crippen LogP contribution < -0.4 is 15.5 Å². The van der Waals surface area contributed by atoms with E-state index in [1.807, 2.05) is 32.0 Å². The largest absolute Gasteiger partial charge is 0.378 e. The average Bonchev–Trinajstić information content (AvgIpc) is 2.69. The standard InChI is InChI=1S/C20H24N4O3/c1-14-3-4-16(11-15(14)2)20(26)22-13-19(25)23-18-6-5-17(12-21-18)24-7-9-27-10-8-24/h3-6,11-12H,7-10,13H2,1-2H3,(H,22,26)(H,21,23,25). The predicted octanol–water partition coefficient (Wildman–Crippen LogP) is 1.90. The molecule has 0 aliphatic carbocycles. The molecule has 2 heterocycles. The molecule has 0 spiro atoms. The number of hydrogen-bond donors (Lipinski definition) is 2. The number of benzene rings is 1. The van der Waals surface area contributed by atoms with E-state index in [9.17, 15) is 9.59 Å². The van der Waals surface area contributed by atoms with E-state index >= 15 is 0 Å². The first-order valence-electron chi connectivity index (χ1n) is 8.97. The van der Waals surface area contributed by atoms with Crippen LogP contribution in [-0.2, 0) is 9.53 Å². The molecule has 0 bridgehead atoms. The van der Waals surface area contributed by atoms with Gasteiger partial charge in [0.2, 0.25) is 5.91 Å². The fourth-order valence-corrected chi connectivity index (χ4v) is 2.80. The van der Waals surface area contributed by atoms with Crippen molar-refractivity contribution in [3.05, 3.63) is 53.2 Å². The zero-order valence-electron chi connectivity index (χ0n) is 15.6. The second-order valence-corrected chi connectivity index (χ2v) is 6.53. The van der Waals surface area contributed by atoms with Crippen molar-refractivity contribution in [1.82, 2.24) is 10.3 Å². The Morgan fingerprint density at radius 3 is 2.56 bits per heavy atom. The average molecular weight is 368 g/mol. The lowest BCUT2D eigenvalue weighted by molar-refractivity contribution is -0.115. The molecule has 2 N–H and O–H groups in total. The van der Waals surface area contributed by atoms with E-state index in [0.717, 1.165) is 29.9 Å². The molecule has 1 fully saturated rings. The summed E-state index contributed by atoms with van der Waals surface area (Å²) in [4.78, 5) is 30.7. The molecule has 1 aromatic heterocycles. The number of rotatable bonds is 5. The van der Waals surface area contributed by atoms with E-state index in [1.165, 1.54) is 0 Å². The topological polar surface area (TPSA) is 83.6 Å². The highest BCUT2D eigenvalue weighted by molar-refractivity contribution is 5.99. The Balaban J connectivity index is 1.50. The van der Waals surface area contributed by atoms with Crippen LogP contribution in [-0.4, -0.2) is 49.6 Å². The summed E-state index contributed by atoms with van der Waals surface area (Å²) in [7, 11) is 0. The van der Waals surface area contributed by atoms with Crippen molar-refractivity contribution < 1.29 is 14.3 Å². The van der Waals surface area contributed by atoms with Gasteiger partial charge in [-0.05, 0) is 49.2 Å². The number of hydrogen-bond acceptors (Lipinski definition) is 5. The van der Waals surface area contributed by atoms with Crippen molar-refractivity contribution in [2.24, 2.45) is 0 Å². The number of aryl methyl sites for hydroxylation is 2. The molecule has 1 aliphatic heterocycles. The van der Waals surface area contributed by atoms with Gasteiger partial charge < -0.3 is 20.3 Å². The first-order valence-corrected chi connectivity index (χ1v) is 8.97. The first kappa shape index (κ1) is 18.8. The van der Waals surface area contributed by atoms with E-state index < -0.39 is 0 Å². The number of pyridine rings is 1. The Hall–Kier alpha value is -2.93. The summed E-state index contributed by atoms with van der Waals surface area (Å²) in [5, 5.41) is 5.32. The SMILES string of the molecule is Cc1ccc(C(=O)NCC(=O)Nc2ccc(N3CCOCC3)cn2)cc1C. The molecule has 0 radical (unpaired) electrons. The van der Waals surface area contributed by atoms with E-state index in [0.29, 0.717) is 24.6 Å². The molecular formula is C20H24N4O3. The normalized spacial score (nSPS) is 13.9. The van der Waals surface area contributed by atoms with Crippen LogP contribution in [0.5, 0.6) is 0 Å². The molecule has 2 amide bonds. The lowest BCUT2D eigenvalue weighted by atomic mass is 10.1. The minimum atomic E-state index is -0.321. The highest BCUT2D eigenvalue weighted by Gasteiger charge is 2.12. The van der Waals surface area contributed by atoms with Crippen molar-refractivity contribution >= 4 is 23.3 Å². The van der Waals surface area contributed by atoms with Gasteiger partial charge in [0, 0.05) is 18.7 Å². The molecule has 3 rings (SSSR count). The summed E-state index contributed by atoms with van der Waals surface area (Å²) >= 11 is 0. The van der Waals surface area contributed by atoms with Crippen LogP contribution in [0.1, 0.15) is 21.5 Å². The van der Waals surface area contributed by atoms with Gasteiger partial charge in [-0.2, -0.15) is 0 Å². The number of amides is 2. The third kappa shape index (κ3) is 5.04. The van der Waals surface area contributed by atoms with E-state index in [-0.39, 0.29) is 18.4 Å². The Bertz CT molecular complexity index is 814. The molecule has 0 saturated carbocycles. The van der Waals surface area contributed by atoms with Crippen molar-refractivity contribution in [2.75, 3.05) is 43.1 Å². The van der Waals surface area contributed by atoms with Crippen molar-refractivity contribution in [3.63, 3.8) is 0 Å². The second-order valence-electron chi connectivity index (χ2n) is 6.53. The maximum Gasteiger partial charge on any atom is 0.251 e. The quantitative estimate of drug-likeness (QED) is 0.842. The lowest BCUT2D eigenvalue weighted by Crippen LogP contribution is -2.36. The van der Waals surface area contributed by atoms with Gasteiger partial charge in [0.25, 0.3) is 5.91 Å². The van der Waals surface area contributed by atoms with E-state index in [1.54, 1.807) is 18.3 Å². The lowest BCUT2D eigenvalue weighted by Gasteiger charge is -2.28. The summed E-state index contributed by atoms with van der Waals surface area (Å²) < 4.78 is 5.33. The van der Waals surface area contributed by atoms with E-state index in [4.69, 9.17) is 4.74 Å². The Morgan fingerprint density at radius 2 is 1.89 bits per heavy atom. The van der Waals surface area contributed by atoms with Crippen LogP contribution in [0.2, 0.25) is 0 Å². The highest BCUT2D eigenvalue weighted by atomic mass is 16.5. The second kappa shape index (κ2) is 8.64. The number of anilines is 2. The molecule has 1 saturated heterocycles. The molecule has 27 heavy (non-hydrogen) atoms. The summed E-state index contributed by atoms with van der Waals surface area (Å²) in [6, 6.07) is 9.13. The summed E-state index contributed by atoms with van der Waals surface area (Å²) in [5.74, 6) is -0.139. The minimum absolute atomic E-state index is 0.112. The van der Waals surface area contributed by atoms with Gasteiger partial charge in [-0.3, -0.25) is 9.59 Å². The number of carbonyl (C=O) groups is 2. The summed E-state index contributed by atoms with van der Waals surface area (Å²) in [6.45, 7) is 6.90. The van der Waals surface area contributed by atoms with Gasteiger partial charge in [0.1, 0.15) is 5.82 Å². The molecule has 7 nitrogen and oxygen atoms in total. The fourth-order valence-electron chi connectivity index (χ4n) is 2.80. The minimum Gasteiger partial charge on any atom is -0.378 e. The predicted molar refractivity (Wildman–Crippen MR) is 104 cm³/mol.